The normalized spacial score (nSPS) is 10.5. The van der Waals surface area contributed by atoms with E-state index in [1.54, 1.807) is 14.2 Å². The molecule has 90 valence electrons. The Morgan fingerprint density at radius 2 is 2.19 bits per heavy atom. The Balaban J connectivity index is 2.56. The molecule has 0 bridgehead atoms. The second-order valence-electron chi connectivity index (χ2n) is 3.00. The van der Waals surface area contributed by atoms with Crippen LogP contribution >= 0.6 is 23.2 Å². The number of amides is 1. The molecule has 0 fully saturated rings. The molecular formula is C9H12Cl2N2O3. The largest absolute Gasteiger partial charge is 0.382 e. The van der Waals surface area contributed by atoms with Gasteiger partial charge in [-0.3, -0.25) is 9.63 Å². The van der Waals surface area contributed by atoms with E-state index in [-0.39, 0.29) is 6.61 Å². The standard InChI is InChI=1S/C9H12Cl2N2O3/c1-13-7(5-6(10)8(13)11)9(14)12-16-4-3-15-2/h5H,3-4H2,1-2H3,(H,12,14). The van der Waals surface area contributed by atoms with E-state index in [9.17, 15) is 4.79 Å². The molecule has 16 heavy (non-hydrogen) atoms. The number of nitrogens with one attached hydrogen (secondary N) is 1. The van der Waals surface area contributed by atoms with Crippen LogP contribution in [-0.2, 0) is 16.6 Å². The summed E-state index contributed by atoms with van der Waals surface area (Å²) in [4.78, 5) is 16.4. The number of carbonyl (C=O) groups excluding carboxylic acids is 1. The van der Waals surface area contributed by atoms with Crippen molar-refractivity contribution in [3.8, 4) is 0 Å². The molecule has 0 aliphatic carbocycles. The van der Waals surface area contributed by atoms with E-state index in [0.717, 1.165) is 0 Å². The van der Waals surface area contributed by atoms with Crippen LogP contribution in [0, 0.1) is 0 Å². The summed E-state index contributed by atoms with van der Waals surface area (Å²) in [5.74, 6) is -0.410. The maximum atomic E-state index is 11.6. The molecule has 0 aromatic carbocycles. The van der Waals surface area contributed by atoms with Crippen molar-refractivity contribution in [3.63, 3.8) is 0 Å². The van der Waals surface area contributed by atoms with E-state index in [1.807, 2.05) is 0 Å². The van der Waals surface area contributed by atoms with Gasteiger partial charge in [-0.05, 0) is 6.07 Å². The number of nitrogens with zero attached hydrogens (tertiary/aromatic N) is 1. The average Bonchev–Trinajstić information content (AvgIpc) is 2.52. The van der Waals surface area contributed by atoms with Gasteiger partial charge < -0.3 is 9.30 Å². The van der Waals surface area contributed by atoms with E-state index in [2.05, 4.69) is 5.48 Å². The summed E-state index contributed by atoms with van der Waals surface area (Å²) >= 11 is 11.6. The van der Waals surface area contributed by atoms with Crippen LogP contribution in [0.4, 0.5) is 0 Å². The van der Waals surface area contributed by atoms with Crippen molar-refractivity contribution in [1.82, 2.24) is 10.0 Å². The molecule has 0 aliphatic heterocycles. The summed E-state index contributed by atoms with van der Waals surface area (Å²) in [5, 5.41) is 0.634. The van der Waals surface area contributed by atoms with Gasteiger partial charge in [-0.25, -0.2) is 5.48 Å². The highest BCUT2D eigenvalue weighted by Gasteiger charge is 2.15. The number of hydrogen-bond acceptors (Lipinski definition) is 3. The van der Waals surface area contributed by atoms with E-state index >= 15 is 0 Å². The lowest BCUT2D eigenvalue weighted by Crippen LogP contribution is -2.27. The van der Waals surface area contributed by atoms with Crippen LogP contribution in [-0.4, -0.2) is 30.8 Å². The first kappa shape index (κ1) is 13.3. The number of hydroxylamine groups is 1. The van der Waals surface area contributed by atoms with Gasteiger partial charge in [0.05, 0.1) is 18.2 Å². The van der Waals surface area contributed by atoms with Gasteiger partial charge in [-0.2, -0.15) is 0 Å². The van der Waals surface area contributed by atoms with Gasteiger partial charge in [0.25, 0.3) is 5.91 Å². The third-order valence-electron chi connectivity index (χ3n) is 1.90. The van der Waals surface area contributed by atoms with Crippen LogP contribution in [0.15, 0.2) is 6.07 Å². The Bertz CT molecular complexity index is 379. The summed E-state index contributed by atoms with van der Waals surface area (Å²) in [6.45, 7) is 0.670. The number of aromatic nitrogens is 1. The fourth-order valence-corrected chi connectivity index (χ4v) is 1.43. The lowest BCUT2D eigenvalue weighted by atomic mass is 10.4. The molecule has 1 amide bonds. The zero-order valence-electron chi connectivity index (χ0n) is 8.92. The van der Waals surface area contributed by atoms with Gasteiger partial charge in [0.2, 0.25) is 0 Å². The molecule has 0 spiro atoms. The lowest BCUT2D eigenvalue weighted by molar-refractivity contribution is 0.00839. The zero-order chi connectivity index (χ0) is 12.1. The quantitative estimate of drug-likeness (QED) is 0.651. The number of carbonyl (C=O) groups is 1. The Morgan fingerprint density at radius 1 is 1.50 bits per heavy atom. The van der Waals surface area contributed by atoms with Gasteiger partial charge in [0.15, 0.2) is 0 Å². The molecule has 0 atom stereocenters. The molecule has 1 rings (SSSR count). The number of halogens is 2. The van der Waals surface area contributed by atoms with Crippen molar-refractivity contribution in [3.05, 3.63) is 21.9 Å². The van der Waals surface area contributed by atoms with Crippen LogP contribution in [0.2, 0.25) is 10.2 Å². The van der Waals surface area contributed by atoms with Crippen LogP contribution in [0.25, 0.3) is 0 Å². The lowest BCUT2D eigenvalue weighted by Gasteiger charge is -2.06. The summed E-state index contributed by atoms with van der Waals surface area (Å²) in [6.07, 6.45) is 0. The number of methoxy groups -OCH3 is 1. The van der Waals surface area contributed by atoms with E-state index in [0.29, 0.717) is 22.5 Å². The number of rotatable bonds is 5. The van der Waals surface area contributed by atoms with Gasteiger partial charge in [0, 0.05) is 14.2 Å². The molecule has 0 radical (unpaired) electrons. The molecule has 7 heteroatoms. The van der Waals surface area contributed by atoms with Crippen molar-refractivity contribution in [2.75, 3.05) is 20.3 Å². The monoisotopic (exact) mass is 266 g/mol. The molecule has 0 aliphatic rings. The topological polar surface area (TPSA) is 52.5 Å². The van der Waals surface area contributed by atoms with Crippen molar-refractivity contribution >= 4 is 29.1 Å². The summed E-state index contributed by atoms with van der Waals surface area (Å²) in [7, 11) is 3.18. The zero-order valence-corrected chi connectivity index (χ0v) is 10.4. The molecule has 1 N–H and O–H groups in total. The second kappa shape index (κ2) is 6.10. The van der Waals surface area contributed by atoms with Crippen LogP contribution in [0.3, 0.4) is 0 Å². The smallest absolute Gasteiger partial charge is 0.291 e. The highest BCUT2D eigenvalue weighted by Crippen LogP contribution is 2.24. The number of ether oxygens (including phenoxy) is 1. The average molecular weight is 267 g/mol. The van der Waals surface area contributed by atoms with Crippen molar-refractivity contribution in [2.24, 2.45) is 7.05 Å². The second-order valence-corrected chi connectivity index (χ2v) is 3.77. The summed E-state index contributed by atoms with van der Waals surface area (Å²) in [6, 6.07) is 1.47. The summed E-state index contributed by atoms with van der Waals surface area (Å²) in [5.41, 5.74) is 2.58. The van der Waals surface area contributed by atoms with E-state index in [1.165, 1.54) is 10.6 Å². The molecule has 1 aromatic heterocycles. The Hall–Kier alpha value is -0.750. The molecule has 0 saturated heterocycles. The van der Waals surface area contributed by atoms with Gasteiger partial charge in [-0.15, -0.1) is 0 Å². The minimum atomic E-state index is -0.410. The maximum absolute atomic E-state index is 11.6. The fourth-order valence-electron chi connectivity index (χ4n) is 1.05. The first-order valence-electron chi connectivity index (χ1n) is 4.49. The third kappa shape index (κ3) is 3.12. The van der Waals surface area contributed by atoms with Gasteiger partial charge in [-0.1, -0.05) is 23.2 Å². The molecule has 1 heterocycles. The van der Waals surface area contributed by atoms with Gasteiger partial charge in [0.1, 0.15) is 10.8 Å². The molecule has 5 nitrogen and oxygen atoms in total. The first-order chi connectivity index (χ1) is 7.57. The van der Waals surface area contributed by atoms with Crippen LogP contribution in [0.5, 0.6) is 0 Å². The highest BCUT2D eigenvalue weighted by molar-refractivity contribution is 6.41. The number of hydrogen-bond donors (Lipinski definition) is 1. The van der Waals surface area contributed by atoms with Crippen LogP contribution < -0.4 is 5.48 Å². The van der Waals surface area contributed by atoms with Crippen molar-refractivity contribution in [2.45, 2.75) is 0 Å². The van der Waals surface area contributed by atoms with Crippen LogP contribution in [0.1, 0.15) is 10.5 Å². The predicted octanol–water partition coefficient (Wildman–Crippen LogP) is 1.64. The molecule has 0 unspecified atom stereocenters. The first-order valence-corrected chi connectivity index (χ1v) is 5.25. The fraction of sp³-hybridized carbons (Fsp3) is 0.444. The van der Waals surface area contributed by atoms with E-state index in [4.69, 9.17) is 32.8 Å². The van der Waals surface area contributed by atoms with Gasteiger partial charge >= 0.3 is 0 Å². The van der Waals surface area contributed by atoms with Crippen molar-refractivity contribution < 1.29 is 14.4 Å². The predicted molar refractivity (Wildman–Crippen MR) is 60.7 cm³/mol. The Kier molecular flexibility index (Phi) is 5.08. The third-order valence-corrected chi connectivity index (χ3v) is 2.75. The maximum Gasteiger partial charge on any atom is 0.291 e. The SMILES string of the molecule is COCCONC(=O)c1cc(Cl)c(Cl)n1C. The Labute approximate surface area is 103 Å². The molecule has 0 saturated carbocycles. The minimum absolute atomic E-state index is 0.272. The Morgan fingerprint density at radius 3 is 2.69 bits per heavy atom. The van der Waals surface area contributed by atoms with E-state index < -0.39 is 5.91 Å². The van der Waals surface area contributed by atoms with Crippen molar-refractivity contribution in [1.29, 1.82) is 0 Å². The molecule has 1 aromatic rings. The summed E-state index contributed by atoms with van der Waals surface area (Å²) < 4.78 is 6.22. The minimum Gasteiger partial charge on any atom is -0.382 e. The molecular weight excluding hydrogens is 255 g/mol. The highest BCUT2D eigenvalue weighted by atomic mass is 35.5.